The van der Waals surface area contributed by atoms with Gasteiger partial charge in [-0.1, -0.05) is 6.92 Å². The predicted molar refractivity (Wildman–Crippen MR) is 144 cm³/mol. The van der Waals surface area contributed by atoms with E-state index in [1.54, 1.807) is 43.6 Å². The molecule has 0 unspecified atom stereocenters. The normalized spacial score (nSPS) is 18.1. The van der Waals surface area contributed by atoms with Gasteiger partial charge in [0.05, 0.1) is 37.3 Å². The van der Waals surface area contributed by atoms with Crippen molar-refractivity contribution in [3.8, 4) is 11.6 Å². The van der Waals surface area contributed by atoms with Crippen LogP contribution in [0.25, 0.3) is 0 Å². The summed E-state index contributed by atoms with van der Waals surface area (Å²) in [6.07, 6.45) is 8.98. The lowest BCUT2D eigenvalue weighted by Gasteiger charge is -2.35. The van der Waals surface area contributed by atoms with Crippen LogP contribution in [0, 0.1) is 24.6 Å². The predicted octanol–water partition coefficient (Wildman–Crippen LogP) is 5.82. The third-order valence-electron chi connectivity index (χ3n) is 7.36. The van der Waals surface area contributed by atoms with Crippen LogP contribution >= 0.6 is 0 Å². The molecule has 0 bridgehead atoms. The van der Waals surface area contributed by atoms with E-state index < -0.39 is 12.5 Å². The molecule has 2 heterocycles. The van der Waals surface area contributed by atoms with Crippen LogP contribution in [-0.2, 0) is 29.2 Å². The number of hydrogen-bond acceptors (Lipinski definition) is 6. The Morgan fingerprint density at radius 3 is 2.56 bits per heavy atom. The second kappa shape index (κ2) is 13.1. The van der Waals surface area contributed by atoms with Gasteiger partial charge in [-0.15, -0.1) is 0 Å². The second-order valence-electron chi connectivity index (χ2n) is 10.5. The molecule has 0 radical (unpaired) electrons. The number of carbonyl (C=O) groups excluding carboxylic acids is 1. The Labute approximate surface area is 228 Å². The third kappa shape index (κ3) is 6.98. The number of anilines is 1. The number of carbonyl (C=O) groups is 1. The largest absolute Gasteiger partial charge is 0.436 e. The summed E-state index contributed by atoms with van der Waals surface area (Å²) in [4.78, 5) is 21.1. The molecule has 8 nitrogen and oxygen atoms in total. The van der Waals surface area contributed by atoms with Crippen LogP contribution in [0.4, 0.5) is 14.5 Å². The number of ether oxygens (including phenoxy) is 2. The van der Waals surface area contributed by atoms with Crippen molar-refractivity contribution in [1.82, 2.24) is 20.0 Å². The Morgan fingerprint density at radius 1 is 1.18 bits per heavy atom. The lowest BCUT2D eigenvalue weighted by atomic mass is 9.82. The van der Waals surface area contributed by atoms with Crippen molar-refractivity contribution in [3.63, 3.8) is 0 Å². The van der Waals surface area contributed by atoms with Crippen molar-refractivity contribution in [2.45, 2.75) is 72.1 Å². The number of nitrogens with zero attached hydrogens (tertiary/aromatic N) is 5. The van der Waals surface area contributed by atoms with Gasteiger partial charge in [-0.3, -0.25) is 4.79 Å². The molecule has 0 aliphatic heterocycles. The average molecular weight is 542 g/mol. The van der Waals surface area contributed by atoms with Gasteiger partial charge in [-0.2, -0.15) is 15.0 Å². The first kappa shape index (κ1) is 28.6. The Morgan fingerprint density at radius 2 is 1.90 bits per heavy atom. The van der Waals surface area contributed by atoms with Gasteiger partial charge in [0.25, 0.3) is 0 Å². The van der Waals surface area contributed by atoms with Gasteiger partial charge >= 0.3 is 0 Å². The zero-order chi connectivity index (χ0) is 27.9. The number of benzene rings is 1. The molecule has 1 aromatic carbocycles. The number of alkyl halides is 1. The van der Waals surface area contributed by atoms with Crippen molar-refractivity contribution >= 4 is 11.6 Å². The molecule has 10 heteroatoms. The molecular formula is C29H37F2N5O3. The van der Waals surface area contributed by atoms with Crippen LogP contribution in [0.15, 0.2) is 36.8 Å². The quantitative estimate of drug-likeness (QED) is 0.304. The topological polar surface area (TPSA) is 82.4 Å². The fourth-order valence-electron chi connectivity index (χ4n) is 5.14. The van der Waals surface area contributed by atoms with Gasteiger partial charge in [-0.25, -0.2) is 13.8 Å². The summed E-state index contributed by atoms with van der Waals surface area (Å²) >= 11 is 0. The van der Waals surface area contributed by atoms with Gasteiger partial charge in [0.2, 0.25) is 11.8 Å². The van der Waals surface area contributed by atoms with E-state index in [4.69, 9.17) is 9.47 Å². The van der Waals surface area contributed by atoms with Gasteiger partial charge < -0.3 is 14.4 Å². The molecule has 39 heavy (non-hydrogen) atoms. The van der Waals surface area contributed by atoms with E-state index in [0.717, 1.165) is 31.2 Å². The van der Waals surface area contributed by atoms with Crippen LogP contribution in [0.2, 0.25) is 0 Å². The van der Waals surface area contributed by atoms with E-state index >= 15 is 4.39 Å². The van der Waals surface area contributed by atoms with Crippen molar-refractivity contribution in [2.75, 3.05) is 18.6 Å². The minimum Gasteiger partial charge on any atom is -0.436 e. The number of methoxy groups -OCH3 is 1. The zero-order valence-corrected chi connectivity index (χ0v) is 23.1. The summed E-state index contributed by atoms with van der Waals surface area (Å²) in [5.41, 5.74) is 2.16. The smallest absolute Gasteiger partial charge is 0.230 e. The summed E-state index contributed by atoms with van der Waals surface area (Å²) in [6, 6.07) is 4.23. The molecule has 1 aliphatic rings. The number of amides is 1. The molecular weight excluding hydrogens is 504 g/mol. The fourth-order valence-corrected chi connectivity index (χ4v) is 5.14. The minimum atomic E-state index is -0.814. The lowest BCUT2D eigenvalue weighted by Crippen LogP contribution is -2.45. The molecule has 210 valence electrons. The number of aromatic nitrogens is 4. The van der Waals surface area contributed by atoms with E-state index in [9.17, 15) is 9.18 Å². The van der Waals surface area contributed by atoms with Crippen molar-refractivity contribution < 1.29 is 23.0 Å². The van der Waals surface area contributed by atoms with Crippen molar-refractivity contribution in [2.24, 2.45) is 11.8 Å². The second-order valence-corrected chi connectivity index (χ2v) is 10.5. The molecule has 4 rings (SSSR count). The first-order valence-electron chi connectivity index (χ1n) is 13.5. The molecule has 1 amide bonds. The first-order chi connectivity index (χ1) is 18.8. The monoisotopic (exact) mass is 541 g/mol. The third-order valence-corrected chi connectivity index (χ3v) is 7.36. The molecule has 1 fully saturated rings. The van der Waals surface area contributed by atoms with Crippen LogP contribution < -0.4 is 9.64 Å². The summed E-state index contributed by atoms with van der Waals surface area (Å²) < 4.78 is 40.4. The number of rotatable bonds is 11. The van der Waals surface area contributed by atoms with Crippen molar-refractivity contribution in [1.29, 1.82) is 0 Å². The van der Waals surface area contributed by atoms with E-state index in [1.165, 1.54) is 16.9 Å². The van der Waals surface area contributed by atoms with E-state index in [2.05, 4.69) is 22.1 Å². The van der Waals surface area contributed by atoms with Crippen LogP contribution in [0.1, 0.15) is 56.2 Å². The molecule has 1 atom stereocenters. The SMILES string of the molecule is COC[C@H](C)N(C(=O)C1CCC(C)CC1)c1cc(F)c(Oc2ncc(CCn3nccn3)cc2CF)cc1C. The van der Waals surface area contributed by atoms with Crippen LogP contribution in [0.5, 0.6) is 11.6 Å². The van der Waals surface area contributed by atoms with Gasteiger partial charge in [-0.05, 0) is 75.1 Å². The molecule has 0 saturated heterocycles. The van der Waals surface area contributed by atoms with E-state index in [1.807, 2.05) is 6.92 Å². The highest BCUT2D eigenvalue weighted by Gasteiger charge is 2.33. The number of hydrogen-bond donors (Lipinski definition) is 0. The maximum absolute atomic E-state index is 15.4. The van der Waals surface area contributed by atoms with Crippen molar-refractivity contribution in [3.05, 3.63) is 59.3 Å². The van der Waals surface area contributed by atoms with Crippen LogP contribution in [-0.4, -0.2) is 45.6 Å². The van der Waals surface area contributed by atoms with E-state index in [0.29, 0.717) is 36.7 Å². The minimum absolute atomic E-state index is 0.00141. The number of pyridine rings is 1. The van der Waals surface area contributed by atoms with E-state index in [-0.39, 0.29) is 35.1 Å². The highest BCUT2D eigenvalue weighted by Crippen LogP contribution is 2.36. The lowest BCUT2D eigenvalue weighted by molar-refractivity contribution is -0.124. The molecule has 2 aromatic heterocycles. The Bertz CT molecular complexity index is 1250. The molecule has 0 N–H and O–H groups in total. The number of aryl methyl sites for hydroxylation is 3. The van der Waals surface area contributed by atoms with Gasteiger partial charge in [0.15, 0.2) is 11.6 Å². The Hall–Kier alpha value is -3.40. The highest BCUT2D eigenvalue weighted by atomic mass is 19.1. The maximum atomic E-state index is 15.4. The summed E-state index contributed by atoms with van der Waals surface area (Å²) in [5.74, 6) is -0.232. The first-order valence-corrected chi connectivity index (χ1v) is 13.5. The summed E-state index contributed by atoms with van der Waals surface area (Å²) in [5, 5.41) is 8.12. The Balaban J connectivity index is 1.56. The highest BCUT2D eigenvalue weighted by molar-refractivity contribution is 5.96. The summed E-state index contributed by atoms with van der Waals surface area (Å²) in [7, 11) is 1.58. The summed E-state index contributed by atoms with van der Waals surface area (Å²) in [6.45, 7) is 5.94. The maximum Gasteiger partial charge on any atom is 0.230 e. The van der Waals surface area contributed by atoms with Gasteiger partial charge in [0.1, 0.15) is 6.67 Å². The Kier molecular flexibility index (Phi) is 9.61. The molecule has 0 spiro atoms. The van der Waals surface area contributed by atoms with Gasteiger partial charge in [0, 0.05) is 30.9 Å². The molecule has 3 aromatic rings. The standard InChI is InChI=1S/C29H37F2N5O3/c1-19-5-7-23(8-6-19)29(37)36(21(3)18-38-4)26-15-25(31)27(13-20(26)2)39-28-24(16-30)14-22(17-32-28)9-12-35-33-10-11-34-35/h10-11,13-15,17,19,21,23H,5-9,12,16,18H2,1-4H3/t19?,21-,23?/m0/s1. The van der Waals surface area contributed by atoms with Crippen LogP contribution in [0.3, 0.4) is 0 Å². The fraction of sp³-hybridized carbons (Fsp3) is 0.517. The molecule has 1 aliphatic carbocycles. The molecule has 1 saturated carbocycles. The average Bonchev–Trinajstić information content (AvgIpc) is 3.45. The number of halogens is 2. The zero-order valence-electron chi connectivity index (χ0n) is 23.1.